The molecule has 2 heterocycles. The maximum atomic E-state index is 12.4. The van der Waals surface area contributed by atoms with Crippen LogP contribution in [0.2, 0.25) is 5.02 Å². The Bertz CT molecular complexity index is 1030. The Morgan fingerprint density at radius 1 is 1.07 bits per heavy atom. The van der Waals surface area contributed by atoms with E-state index in [2.05, 4.69) is 20.6 Å². The molecule has 0 spiro atoms. The fraction of sp³-hybridized carbons (Fsp3) is 0.150. The third kappa shape index (κ3) is 3.70. The van der Waals surface area contributed by atoms with Crippen LogP contribution in [0, 0.1) is 13.8 Å². The topological polar surface area (TPSA) is 85.4 Å². The van der Waals surface area contributed by atoms with Gasteiger partial charge in [-0.3, -0.25) is 4.79 Å². The fourth-order valence-corrected chi connectivity index (χ4v) is 3.24. The molecule has 0 bridgehead atoms. The van der Waals surface area contributed by atoms with Crippen LogP contribution < -0.4 is 20.1 Å². The summed E-state index contributed by atoms with van der Waals surface area (Å²) >= 11 is 6.30. The lowest BCUT2D eigenvalue weighted by Gasteiger charge is -2.11. The van der Waals surface area contributed by atoms with Gasteiger partial charge >= 0.3 is 0 Å². The number of hydrogen-bond acceptors (Lipinski definition) is 6. The van der Waals surface area contributed by atoms with Crippen LogP contribution in [0.15, 0.2) is 42.7 Å². The molecule has 1 aliphatic heterocycles. The molecule has 1 amide bonds. The molecule has 0 atom stereocenters. The van der Waals surface area contributed by atoms with Crippen LogP contribution in [0.25, 0.3) is 0 Å². The number of carbonyl (C=O) groups is 1. The quantitative estimate of drug-likeness (QED) is 0.676. The molecule has 0 saturated carbocycles. The Balaban J connectivity index is 1.46. The summed E-state index contributed by atoms with van der Waals surface area (Å²) in [5, 5.41) is 6.47. The van der Waals surface area contributed by atoms with Crippen molar-refractivity contribution in [2.45, 2.75) is 13.8 Å². The Hall–Kier alpha value is -3.32. The molecule has 3 aromatic rings. The van der Waals surface area contributed by atoms with Gasteiger partial charge in [0.15, 0.2) is 11.5 Å². The number of hydrogen-bond donors (Lipinski definition) is 2. The van der Waals surface area contributed by atoms with Gasteiger partial charge in [-0.1, -0.05) is 17.7 Å². The average Bonchev–Trinajstić information content (AvgIpc) is 3.13. The molecule has 4 rings (SSSR count). The molecule has 8 heteroatoms. The molecule has 1 aromatic heterocycles. The molecule has 2 N–H and O–H groups in total. The Labute approximate surface area is 166 Å². The maximum absolute atomic E-state index is 12.4. The van der Waals surface area contributed by atoms with E-state index in [0.29, 0.717) is 33.7 Å². The highest BCUT2D eigenvalue weighted by atomic mass is 35.5. The number of rotatable bonds is 4. The summed E-state index contributed by atoms with van der Waals surface area (Å²) in [7, 11) is 0. The molecule has 7 nitrogen and oxygen atoms in total. The number of ether oxygens (including phenoxy) is 2. The Morgan fingerprint density at radius 3 is 2.57 bits per heavy atom. The molecule has 0 radical (unpaired) electrons. The van der Waals surface area contributed by atoms with E-state index in [-0.39, 0.29) is 12.7 Å². The molecule has 0 aliphatic carbocycles. The highest BCUT2D eigenvalue weighted by Gasteiger charge is 2.15. The number of fused-ring (bicyclic) bond motifs is 1. The lowest BCUT2D eigenvalue weighted by atomic mass is 10.1. The number of aromatic nitrogens is 2. The number of nitrogens with one attached hydrogen (secondary N) is 2. The maximum Gasteiger partial charge on any atom is 0.258 e. The van der Waals surface area contributed by atoms with E-state index in [0.717, 1.165) is 16.8 Å². The summed E-state index contributed by atoms with van der Waals surface area (Å²) in [5.41, 5.74) is 3.72. The second kappa shape index (κ2) is 7.36. The van der Waals surface area contributed by atoms with E-state index in [9.17, 15) is 4.79 Å². The van der Waals surface area contributed by atoms with Gasteiger partial charge in [-0.25, -0.2) is 9.97 Å². The SMILES string of the molecule is Cc1cc(C)c(Nc2ncc(C(=O)Nc3ccc4c(c3)OCO4)cn2)c(Cl)c1. The number of carbonyl (C=O) groups excluding carboxylic acids is 1. The van der Waals surface area contributed by atoms with Gasteiger partial charge in [0, 0.05) is 24.1 Å². The van der Waals surface area contributed by atoms with Crippen molar-refractivity contribution in [3.05, 3.63) is 64.4 Å². The third-order valence-corrected chi connectivity index (χ3v) is 4.51. The second-order valence-electron chi connectivity index (χ2n) is 6.38. The Kier molecular flexibility index (Phi) is 4.75. The van der Waals surface area contributed by atoms with Crippen molar-refractivity contribution in [3.8, 4) is 11.5 Å². The summed E-state index contributed by atoms with van der Waals surface area (Å²) in [6.45, 7) is 4.11. The monoisotopic (exact) mass is 396 g/mol. The van der Waals surface area contributed by atoms with Gasteiger partial charge in [0.05, 0.1) is 16.3 Å². The van der Waals surface area contributed by atoms with Crippen LogP contribution in [0.5, 0.6) is 11.5 Å². The smallest absolute Gasteiger partial charge is 0.258 e. The molecule has 2 aromatic carbocycles. The van der Waals surface area contributed by atoms with Crippen molar-refractivity contribution in [1.29, 1.82) is 0 Å². The molecule has 1 aliphatic rings. The lowest BCUT2D eigenvalue weighted by molar-refractivity contribution is 0.102. The first kappa shape index (κ1) is 18.1. The summed E-state index contributed by atoms with van der Waals surface area (Å²) in [5.74, 6) is 1.28. The predicted octanol–water partition coefficient (Wildman–Crippen LogP) is 4.47. The summed E-state index contributed by atoms with van der Waals surface area (Å²) < 4.78 is 10.6. The van der Waals surface area contributed by atoms with Gasteiger partial charge in [-0.15, -0.1) is 0 Å². The minimum atomic E-state index is -0.324. The standard InChI is InChI=1S/C20H17ClN4O3/c1-11-5-12(2)18(15(21)6-11)25-20-22-8-13(9-23-20)19(26)24-14-3-4-16-17(7-14)28-10-27-16/h3-9H,10H2,1-2H3,(H,24,26)(H,22,23,25). The minimum Gasteiger partial charge on any atom is -0.454 e. The van der Waals surface area contributed by atoms with Crippen molar-refractivity contribution in [2.75, 3.05) is 17.4 Å². The number of nitrogens with zero attached hydrogens (tertiary/aromatic N) is 2. The summed E-state index contributed by atoms with van der Waals surface area (Å²) in [6, 6.07) is 9.07. The van der Waals surface area contributed by atoms with E-state index in [1.54, 1.807) is 18.2 Å². The van der Waals surface area contributed by atoms with E-state index < -0.39 is 0 Å². The van der Waals surface area contributed by atoms with Crippen molar-refractivity contribution < 1.29 is 14.3 Å². The molecule has 28 heavy (non-hydrogen) atoms. The zero-order chi connectivity index (χ0) is 19.7. The van der Waals surface area contributed by atoms with Crippen LogP contribution in [-0.4, -0.2) is 22.7 Å². The van der Waals surface area contributed by atoms with Crippen molar-refractivity contribution in [3.63, 3.8) is 0 Å². The van der Waals surface area contributed by atoms with Crippen molar-refractivity contribution in [1.82, 2.24) is 9.97 Å². The number of aryl methyl sites for hydroxylation is 2. The molecule has 0 unspecified atom stereocenters. The van der Waals surface area contributed by atoms with Crippen molar-refractivity contribution >= 4 is 34.8 Å². The first-order valence-corrected chi connectivity index (χ1v) is 8.94. The number of halogens is 1. The van der Waals surface area contributed by atoms with Crippen LogP contribution in [0.4, 0.5) is 17.3 Å². The summed E-state index contributed by atoms with van der Waals surface area (Å²) in [4.78, 5) is 20.9. The first-order chi connectivity index (χ1) is 13.5. The largest absolute Gasteiger partial charge is 0.454 e. The Morgan fingerprint density at radius 2 is 1.82 bits per heavy atom. The van der Waals surface area contributed by atoms with Crippen LogP contribution in [-0.2, 0) is 0 Å². The zero-order valence-corrected chi connectivity index (χ0v) is 16.0. The molecular weight excluding hydrogens is 380 g/mol. The van der Waals surface area contributed by atoms with Gasteiger partial charge in [-0.05, 0) is 43.2 Å². The minimum absolute atomic E-state index is 0.180. The molecular formula is C20H17ClN4O3. The molecule has 0 saturated heterocycles. The van der Waals surface area contributed by atoms with Gasteiger partial charge in [0.2, 0.25) is 12.7 Å². The number of amides is 1. The molecule has 142 valence electrons. The number of anilines is 3. The summed E-state index contributed by atoms with van der Waals surface area (Å²) in [6.07, 6.45) is 2.91. The van der Waals surface area contributed by atoms with Gasteiger partial charge < -0.3 is 20.1 Å². The average molecular weight is 397 g/mol. The van der Waals surface area contributed by atoms with Crippen LogP contribution >= 0.6 is 11.6 Å². The number of benzene rings is 2. The second-order valence-corrected chi connectivity index (χ2v) is 6.79. The van der Waals surface area contributed by atoms with Gasteiger partial charge in [-0.2, -0.15) is 0 Å². The third-order valence-electron chi connectivity index (χ3n) is 4.21. The normalized spacial score (nSPS) is 12.0. The van der Waals surface area contributed by atoms with E-state index in [4.69, 9.17) is 21.1 Å². The first-order valence-electron chi connectivity index (χ1n) is 8.56. The zero-order valence-electron chi connectivity index (χ0n) is 15.2. The van der Waals surface area contributed by atoms with Crippen LogP contribution in [0.1, 0.15) is 21.5 Å². The van der Waals surface area contributed by atoms with Crippen LogP contribution in [0.3, 0.4) is 0 Å². The highest BCUT2D eigenvalue weighted by Crippen LogP contribution is 2.34. The predicted molar refractivity (Wildman–Crippen MR) is 107 cm³/mol. The van der Waals surface area contributed by atoms with Gasteiger partial charge in [0.1, 0.15) is 0 Å². The van der Waals surface area contributed by atoms with E-state index >= 15 is 0 Å². The van der Waals surface area contributed by atoms with Crippen molar-refractivity contribution in [2.24, 2.45) is 0 Å². The van der Waals surface area contributed by atoms with E-state index in [1.807, 2.05) is 26.0 Å². The van der Waals surface area contributed by atoms with Gasteiger partial charge in [0.25, 0.3) is 5.91 Å². The molecule has 0 fully saturated rings. The fourth-order valence-electron chi connectivity index (χ4n) is 2.87. The van der Waals surface area contributed by atoms with E-state index in [1.165, 1.54) is 12.4 Å². The highest BCUT2D eigenvalue weighted by molar-refractivity contribution is 6.33. The lowest BCUT2D eigenvalue weighted by Crippen LogP contribution is -2.13.